The fourth-order valence-electron chi connectivity index (χ4n) is 2.34. The van der Waals surface area contributed by atoms with E-state index in [0.29, 0.717) is 11.3 Å². The first-order valence-electron chi connectivity index (χ1n) is 6.21. The van der Waals surface area contributed by atoms with Crippen molar-refractivity contribution in [2.24, 2.45) is 5.92 Å². The lowest BCUT2D eigenvalue weighted by Gasteiger charge is -2.17. The fourth-order valence-corrected chi connectivity index (χ4v) is 3.66. The molecule has 1 aliphatic heterocycles. The Hall–Kier alpha value is -1.60. The van der Waals surface area contributed by atoms with Gasteiger partial charge in [-0.1, -0.05) is 6.07 Å². The minimum Gasteiger partial charge on any atom is -0.465 e. The highest BCUT2D eigenvalue weighted by molar-refractivity contribution is 8.13. The van der Waals surface area contributed by atoms with Gasteiger partial charge in [-0.15, -0.1) is 0 Å². The topological polar surface area (TPSA) is 80.8 Å². The maximum absolute atomic E-state index is 12.0. The highest BCUT2D eigenvalue weighted by Gasteiger charge is 2.33. The van der Waals surface area contributed by atoms with E-state index in [4.69, 9.17) is 10.7 Å². The first-order valence-corrected chi connectivity index (χ1v) is 8.69. The Morgan fingerprint density at radius 3 is 2.81 bits per heavy atom. The number of hydrogen-bond donors (Lipinski definition) is 0. The Kier molecular flexibility index (Phi) is 4.53. The lowest BCUT2D eigenvalue weighted by Crippen LogP contribution is -2.25. The molecule has 0 N–H and O–H groups in total. The summed E-state index contributed by atoms with van der Waals surface area (Å²) in [5.41, 5.74) is 0.869. The van der Waals surface area contributed by atoms with Crippen molar-refractivity contribution in [2.45, 2.75) is 6.42 Å². The van der Waals surface area contributed by atoms with Crippen LogP contribution in [0, 0.1) is 5.92 Å². The first-order chi connectivity index (χ1) is 9.80. The van der Waals surface area contributed by atoms with E-state index in [1.807, 2.05) is 0 Å². The molecule has 114 valence electrons. The molecule has 1 atom stereocenters. The maximum Gasteiger partial charge on any atom is 0.337 e. The van der Waals surface area contributed by atoms with Crippen molar-refractivity contribution < 1.29 is 22.7 Å². The molecule has 6 nitrogen and oxygen atoms in total. The van der Waals surface area contributed by atoms with Gasteiger partial charge in [-0.05, 0) is 18.2 Å². The zero-order chi connectivity index (χ0) is 15.6. The van der Waals surface area contributed by atoms with E-state index in [1.165, 1.54) is 12.0 Å². The van der Waals surface area contributed by atoms with Crippen LogP contribution in [0.5, 0.6) is 0 Å². The number of carbonyl (C=O) groups excluding carboxylic acids is 2. The number of carbonyl (C=O) groups is 2. The summed E-state index contributed by atoms with van der Waals surface area (Å²) in [7, 11) is 2.85. The average molecular weight is 332 g/mol. The molecule has 1 heterocycles. The summed E-state index contributed by atoms with van der Waals surface area (Å²) in [5.74, 6) is -1.28. The molecule has 0 aromatic heterocycles. The van der Waals surface area contributed by atoms with E-state index in [1.54, 1.807) is 24.3 Å². The summed E-state index contributed by atoms with van der Waals surface area (Å²) in [4.78, 5) is 24.9. The summed E-state index contributed by atoms with van der Waals surface area (Å²) in [6, 6.07) is 6.44. The third-order valence-electron chi connectivity index (χ3n) is 3.22. The SMILES string of the molecule is COC(=O)c1cccc(N2CC(CS(=O)(=O)Cl)CC2=O)c1. The number of amides is 1. The Morgan fingerprint density at radius 1 is 1.48 bits per heavy atom. The monoisotopic (exact) mass is 331 g/mol. The molecule has 0 bridgehead atoms. The van der Waals surface area contributed by atoms with Crippen LogP contribution in [0.3, 0.4) is 0 Å². The van der Waals surface area contributed by atoms with E-state index in [-0.39, 0.29) is 30.5 Å². The largest absolute Gasteiger partial charge is 0.465 e. The van der Waals surface area contributed by atoms with Gasteiger partial charge in [-0.25, -0.2) is 13.2 Å². The third-order valence-corrected chi connectivity index (χ3v) is 4.47. The molecule has 0 radical (unpaired) electrons. The number of ether oxygens (including phenoxy) is 1. The van der Waals surface area contributed by atoms with Crippen molar-refractivity contribution in [2.75, 3.05) is 24.3 Å². The molecular formula is C13H14ClNO5S. The van der Waals surface area contributed by atoms with E-state index < -0.39 is 15.0 Å². The number of anilines is 1. The number of esters is 1. The standard InChI is InChI=1S/C13H14ClNO5S/c1-20-13(17)10-3-2-4-11(6-10)15-7-9(5-12(15)16)8-21(14,18)19/h2-4,6,9H,5,7-8H2,1H3. The minimum absolute atomic E-state index is 0.119. The summed E-state index contributed by atoms with van der Waals surface area (Å²) >= 11 is 0. The second kappa shape index (κ2) is 6.03. The van der Waals surface area contributed by atoms with Crippen LogP contribution in [0.15, 0.2) is 24.3 Å². The summed E-state index contributed by atoms with van der Waals surface area (Å²) in [5, 5.41) is 0. The Bertz CT molecular complexity index is 673. The van der Waals surface area contributed by atoms with Crippen molar-refractivity contribution in [3.63, 3.8) is 0 Å². The molecule has 2 rings (SSSR count). The van der Waals surface area contributed by atoms with Gasteiger partial charge in [0.2, 0.25) is 15.0 Å². The predicted octanol–water partition coefficient (Wildman–Crippen LogP) is 1.39. The number of hydrogen-bond acceptors (Lipinski definition) is 5. The van der Waals surface area contributed by atoms with Gasteiger partial charge in [-0.3, -0.25) is 4.79 Å². The zero-order valence-electron chi connectivity index (χ0n) is 11.3. The normalized spacial score (nSPS) is 18.9. The lowest BCUT2D eigenvalue weighted by molar-refractivity contribution is -0.117. The number of rotatable bonds is 4. The highest BCUT2D eigenvalue weighted by Crippen LogP contribution is 2.27. The molecule has 1 aromatic rings. The highest BCUT2D eigenvalue weighted by atomic mass is 35.7. The average Bonchev–Trinajstić information content (AvgIpc) is 2.76. The smallest absolute Gasteiger partial charge is 0.337 e. The van der Waals surface area contributed by atoms with Crippen LogP contribution < -0.4 is 4.90 Å². The summed E-state index contributed by atoms with van der Waals surface area (Å²) in [6.07, 6.45) is 0.119. The van der Waals surface area contributed by atoms with Crippen LogP contribution in [0.4, 0.5) is 5.69 Å². The van der Waals surface area contributed by atoms with Gasteiger partial charge in [-0.2, -0.15) is 0 Å². The van der Waals surface area contributed by atoms with Gasteiger partial charge in [0.15, 0.2) is 0 Å². The van der Waals surface area contributed by atoms with Gasteiger partial charge in [0.25, 0.3) is 0 Å². The van der Waals surface area contributed by atoms with E-state index >= 15 is 0 Å². The molecular weight excluding hydrogens is 318 g/mol. The summed E-state index contributed by atoms with van der Waals surface area (Å²) in [6.45, 7) is 0.259. The van der Waals surface area contributed by atoms with Crippen LogP contribution >= 0.6 is 10.7 Å². The molecule has 1 fully saturated rings. The van der Waals surface area contributed by atoms with E-state index in [0.717, 1.165) is 0 Å². The van der Waals surface area contributed by atoms with Crippen molar-refractivity contribution in [1.29, 1.82) is 0 Å². The Morgan fingerprint density at radius 2 is 2.19 bits per heavy atom. The van der Waals surface area contributed by atoms with E-state index in [9.17, 15) is 18.0 Å². The number of benzene rings is 1. The third kappa shape index (κ3) is 3.95. The van der Waals surface area contributed by atoms with Crippen LogP contribution in [-0.4, -0.2) is 39.7 Å². The number of methoxy groups -OCH3 is 1. The maximum atomic E-state index is 12.0. The van der Waals surface area contributed by atoms with Gasteiger partial charge >= 0.3 is 5.97 Å². The van der Waals surface area contributed by atoms with Crippen LogP contribution in [-0.2, 0) is 18.6 Å². The lowest BCUT2D eigenvalue weighted by atomic mass is 10.1. The summed E-state index contributed by atoms with van der Waals surface area (Å²) < 4.78 is 26.8. The molecule has 8 heteroatoms. The van der Waals surface area contributed by atoms with Crippen molar-refractivity contribution >= 4 is 37.3 Å². The molecule has 1 amide bonds. The molecule has 1 aliphatic rings. The second-order valence-corrected chi connectivity index (χ2v) is 7.64. The van der Waals surface area contributed by atoms with Gasteiger partial charge in [0.1, 0.15) is 0 Å². The molecule has 0 spiro atoms. The first kappa shape index (κ1) is 15.8. The van der Waals surface area contributed by atoms with Gasteiger partial charge in [0.05, 0.1) is 18.4 Å². The molecule has 0 aliphatic carbocycles. The fraction of sp³-hybridized carbons (Fsp3) is 0.385. The molecule has 0 saturated carbocycles. The van der Waals surface area contributed by atoms with Crippen LogP contribution in [0.1, 0.15) is 16.8 Å². The van der Waals surface area contributed by atoms with Gasteiger partial charge in [0, 0.05) is 35.3 Å². The van der Waals surface area contributed by atoms with Crippen LogP contribution in [0.2, 0.25) is 0 Å². The second-order valence-electron chi connectivity index (χ2n) is 4.82. The van der Waals surface area contributed by atoms with Crippen molar-refractivity contribution in [3.05, 3.63) is 29.8 Å². The van der Waals surface area contributed by atoms with Crippen LogP contribution in [0.25, 0.3) is 0 Å². The molecule has 1 unspecified atom stereocenters. The van der Waals surface area contributed by atoms with Crippen molar-refractivity contribution in [1.82, 2.24) is 0 Å². The Balaban J connectivity index is 2.19. The zero-order valence-corrected chi connectivity index (χ0v) is 12.9. The molecule has 1 saturated heterocycles. The minimum atomic E-state index is -3.64. The Labute approximate surface area is 127 Å². The number of halogens is 1. The predicted molar refractivity (Wildman–Crippen MR) is 77.9 cm³/mol. The molecule has 1 aromatic carbocycles. The van der Waals surface area contributed by atoms with Crippen molar-refractivity contribution in [3.8, 4) is 0 Å². The molecule has 21 heavy (non-hydrogen) atoms. The number of nitrogens with zero attached hydrogens (tertiary/aromatic N) is 1. The van der Waals surface area contributed by atoms with E-state index in [2.05, 4.69) is 4.74 Å². The van der Waals surface area contributed by atoms with Gasteiger partial charge < -0.3 is 9.64 Å². The quantitative estimate of drug-likeness (QED) is 0.615.